The van der Waals surface area contributed by atoms with Gasteiger partial charge in [0.2, 0.25) is 0 Å². The van der Waals surface area contributed by atoms with Crippen LogP contribution in [0.1, 0.15) is 81.8 Å². The minimum Gasteiger partial charge on any atom is -0.356 e. The number of piperidine rings is 1. The van der Waals surface area contributed by atoms with Crippen LogP contribution in [-0.2, 0) is 0 Å². The maximum absolute atomic E-state index is 14.7. The molecule has 0 aliphatic carbocycles. The molecule has 0 bridgehead atoms. The fourth-order valence-electron chi connectivity index (χ4n) is 4.28. The van der Waals surface area contributed by atoms with Gasteiger partial charge < -0.3 is 10.2 Å². The second-order valence-electron chi connectivity index (χ2n) is 10.8. The minimum atomic E-state index is -0.391. The van der Waals surface area contributed by atoms with Crippen LogP contribution < -0.4 is 5.32 Å². The van der Waals surface area contributed by atoms with Crippen LogP contribution in [0.5, 0.6) is 0 Å². The molecule has 0 atom stereocenters. The van der Waals surface area contributed by atoms with E-state index in [1.807, 2.05) is 46.8 Å². The lowest BCUT2D eigenvalue weighted by Crippen LogP contribution is -2.28. The summed E-state index contributed by atoms with van der Waals surface area (Å²) in [7, 11) is 2.20. The lowest BCUT2D eigenvalue weighted by Gasteiger charge is -2.26. The van der Waals surface area contributed by atoms with Gasteiger partial charge in [0, 0.05) is 40.1 Å². The van der Waals surface area contributed by atoms with Crippen LogP contribution in [0.4, 0.5) is 14.5 Å². The number of allylic oxidation sites excluding steroid dienone is 3. The fraction of sp³-hybridized carbons (Fsp3) is 0.412. The maximum atomic E-state index is 14.7. The zero-order valence-electron chi connectivity index (χ0n) is 25.6. The fourth-order valence-corrected chi connectivity index (χ4v) is 4.28. The van der Waals surface area contributed by atoms with Crippen molar-refractivity contribution in [3.05, 3.63) is 95.0 Å². The first-order valence-electron chi connectivity index (χ1n) is 14.0. The Morgan fingerprint density at radius 3 is 2.33 bits per heavy atom. The van der Waals surface area contributed by atoms with E-state index < -0.39 is 5.82 Å². The summed E-state index contributed by atoms with van der Waals surface area (Å²) in [5.74, 6) is 0.363. The number of nitrogens with one attached hydrogen (secondary N) is 1. The molecular formula is C34H46F2N4. The topological polar surface area (TPSA) is 40.5 Å². The summed E-state index contributed by atoms with van der Waals surface area (Å²) in [5.41, 5.74) is 6.63. The molecule has 1 aliphatic rings. The molecule has 1 fully saturated rings. The summed E-state index contributed by atoms with van der Waals surface area (Å²) >= 11 is 0. The Morgan fingerprint density at radius 2 is 1.80 bits per heavy atom. The molecule has 4 nitrogen and oxygen atoms in total. The van der Waals surface area contributed by atoms with Crippen molar-refractivity contribution in [2.45, 2.75) is 67.7 Å². The first-order chi connectivity index (χ1) is 18.9. The third-order valence-electron chi connectivity index (χ3n) is 6.96. The van der Waals surface area contributed by atoms with Crippen LogP contribution in [0.2, 0.25) is 0 Å². The Kier molecular flexibility index (Phi) is 12.7. The SMILES string of the molecule is C=C(NC(/C=C(/F)CC)=C/C)c1cnc(C)c(C(=C)c2cc(C)c(N=C(C)C)c(F)c2)c1.CC1CCN(C)CC1. The molecular weight excluding hydrogens is 502 g/mol. The number of halogens is 2. The van der Waals surface area contributed by atoms with E-state index in [-0.39, 0.29) is 5.83 Å². The van der Waals surface area contributed by atoms with Gasteiger partial charge in [-0.2, -0.15) is 0 Å². The zero-order valence-corrected chi connectivity index (χ0v) is 25.6. The average molecular weight is 549 g/mol. The predicted octanol–water partition coefficient (Wildman–Crippen LogP) is 9.09. The maximum Gasteiger partial charge on any atom is 0.149 e. The summed E-state index contributed by atoms with van der Waals surface area (Å²) in [4.78, 5) is 11.2. The van der Waals surface area contributed by atoms with Gasteiger partial charge in [0.15, 0.2) is 0 Å². The number of pyridine rings is 1. The molecule has 1 aliphatic heterocycles. The van der Waals surface area contributed by atoms with E-state index in [1.165, 1.54) is 38.1 Å². The highest BCUT2D eigenvalue weighted by Gasteiger charge is 2.14. The predicted molar refractivity (Wildman–Crippen MR) is 168 cm³/mol. The molecule has 0 radical (unpaired) electrons. The monoisotopic (exact) mass is 548 g/mol. The molecule has 1 N–H and O–H groups in total. The quantitative estimate of drug-likeness (QED) is 0.264. The average Bonchev–Trinajstić information content (AvgIpc) is 2.91. The largest absolute Gasteiger partial charge is 0.356 e. The lowest BCUT2D eigenvalue weighted by molar-refractivity contribution is 0.230. The van der Waals surface area contributed by atoms with E-state index in [0.717, 1.165) is 34.0 Å². The van der Waals surface area contributed by atoms with Gasteiger partial charge in [-0.3, -0.25) is 9.98 Å². The van der Waals surface area contributed by atoms with Gasteiger partial charge >= 0.3 is 0 Å². The van der Waals surface area contributed by atoms with Gasteiger partial charge in [0.1, 0.15) is 17.3 Å². The van der Waals surface area contributed by atoms with Gasteiger partial charge in [-0.05, 0) is 121 Å². The summed E-state index contributed by atoms with van der Waals surface area (Å²) in [6.45, 7) is 24.2. The Bertz CT molecular complexity index is 1260. The molecule has 0 saturated carbocycles. The summed E-state index contributed by atoms with van der Waals surface area (Å²) in [6, 6.07) is 5.23. The van der Waals surface area contributed by atoms with E-state index >= 15 is 0 Å². The third kappa shape index (κ3) is 9.67. The number of aromatic nitrogens is 1. The Labute approximate surface area is 240 Å². The molecule has 1 saturated heterocycles. The zero-order chi connectivity index (χ0) is 30.0. The number of rotatable bonds is 8. The second kappa shape index (κ2) is 15.4. The standard InChI is InChI=1S/C27H31F2N3.C7H15N/c1-9-23(28)14-24(10-2)32-19(7)22-12-25(20(8)30-15-22)18(6)21-11-17(5)27(26(29)13-21)31-16(3)4;1-7-3-5-8(2)6-4-7/h10-15,32H,6-7,9H2,1-5,8H3;7H,3-6H2,1-2H3/b23-14+,24-10+;. The minimum absolute atomic E-state index is 0.224. The van der Waals surface area contributed by atoms with Crippen molar-refractivity contribution in [2.24, 2.45) is 10.9 Å². The molecule has 0 spiro atoms. The Morgan fingerprint density at radius 1 is 1.15 bits per heavy atom. The van der Waals surface area contributed by atoms with Crippen molar-refractivity contribution < 1.29 is 8.78 Å². The number of benzene rings is 1. The highest BCUT2D eigenvalue weighted by molar-refractivity contribution is 5.84. The molecule has 6 heteroatoms. The summed E-state index contributed by atoms with van der Waals surface area (Å²) in [6.07, 6.45) is 8.03. The number of nitrogens with zero attached hydrogens (tertiary/aromatic N) is 3. The summed E-state index contributed by atoms with van der Waals surface area (Å²) < 4.78 is 28.4. The third-order valence-corrected chi connectivity index (χ3v) is 6.96. The second-order valence-corrected chi connectivity index (χ2v) is 10.8. The van der Waals surface area contributed by atoms with Crippen LogP contribution in [0.25, 0.3) is 11.3 Å². The van der Waals surface area contributed by atoms with Gasteiger partial charge in [-0.1, -0.05) is 33.1 Å². The number of hydrogen-bond donors (Lipinski definition) is 1. The van der Waals surface area contributed by atoms with Crippen LogP contribution in [-0.4, -0.2) is 35.7 Å². The highest BCUT2D eigenvalue weighted by atomic mass is 19.1. The van der Waals surface area contributed by atoms with Gasteiger partial charge in [-0.15, -0.1) is 0 Å². The van der Waals surface area contributed by atoms with Crippen molar-refractivity contribution in [3.8, 4) is 0 Å². The highest BCUT2D eigenvalue weighted by Crippen LogP contribution is 2.32. The molecule has 0 unspecified atom stereocenters. The number of aliphatic imine (C=N–C) groups is 1. The van der Waals surface area contributed by atoms with Crippen LogP contribution in [0.3, 0.4) is 0 Å². The van der Waals surface area contributed by atoms with E-state index in [4.69, 9.17) is 0 Å². The first-order valence-corrected chi connectivity index (χ1v) is 14.0. The van der Waals surface area contributed by atoms with Gasteiger partial charge in [0.25, 0.3) is 0 Å². The first kappa shape index (κ1) is 32.8. The summed E-state index contributed by atoms with van der Waals surface area (Å²) in [5, 5.41) is 3.12. The smallest absolute Gasteiger partial charge is 0.149 e. The molecule has 40 heavy (non-hydrogen) atoms. The van der Waals surface area contributed by atoms with E-state index in [9.17, 15) is 8.78 Å². The lowest BCUT2D eigenvalue weighted by atomic mass is 9.95. The van der Waals surface area contributed by atoms with Crippen molar-refractivity contribution in [1.29, 1.82) is 0 Å². The van der Waals surface area contributed by atoms with Crippen LogP contribution >= 0.6 is 0 Å². The van der Waals surface area contributed by atoms with E-state index in [1.54, 1.807) is 19.2 Å². The van der Waals surface area contributed by atoms with E-state index in [2.05, 4.69) is 47.3 Å². The van der Waals surface area contributed by atoms with Crippen molar-refractivity contribution in [2.75, 3.05) is 20.1 Å². The van der Waals surface area contributed by atoms with Crippen molar-refractivity contribution in [3.63, 3.8) is 0 Å². The van der Waals surface area contributed by atoms with Gasteiger partial charge in [0.05, 0.1) is 0 Å². The normalized spacial score (nSPS) is 14.8. The molecule has 2 heterocycles. The molecule has 2 aromatic rings. The molecule has 0 amide bonds. The number of aryl methyl sites for hydroxylation is 2. The number of likely N-dealkylation sites (tertiary alicyclic amines) is 1. The molecule has 1 aromatic carbocycles. The Hall–Kier alpha value is -3.38. The number of hydrogen-bond acceptors (Lipinski definition) is 4. The van der Waals surface area contributed by atoms with Gasteiger partial charge in [-0.25, -0.2) is 8.78 Å². The Balaban J connectivity index is 0.000000598. The van der Waals surface area contributed by atoms with Crippen molar-refractivity contribution >= 4 is 22.7 Å². The van der Waals surface area contributed by atoms with Crippen LogP contribution in [0.15, 0.2) is 66.2 Å². The van der Waals surface area contributed by atoms with E-state index in [0.29, 0.717) is 34.6 Å². The van der Waals surface area contributed by atoms with Crippen LogP contribution in [0, 0.1) is 25.6 Å². The molecule has 216 valence electrons. The van der Waals surface area contributed by atoms with Crippen molar-refractivity contribution in [1.82, 2.24) is 15.2 Å². The molecule has 3 rings (SSSR count). The molecule has 1 aromatic heterocycles.